The highest BCUT2D eigenvalue weighted by Crippen LogP contribution is 2.38. The van der Waals surface area contributed by atoms with Gasteiger partial charge in [0.15, 0.2) is 12.4 Å². The first-order valence-electron chi connectivity index (χ1n) is 12.2. The van der Waals surface area contributed by atoms with Gasteiger partial charge in [-0.3, -0.25) is 9.59 Å². The SMILES string of the molecule is Cc1ccc(C(=O)CC(c2ccc(OCCCC(F)(F)F)cc2)C(F)(F)F)cc1.NC(=O)COc1ccccc1. The van der Waals surface area contributed by atoms with Gasteiger partial charge in [0.05, 0.1) is 12.5 Å². The molecule has 0 saturated carbocycles. The summed E-state index contributed by atoms with van der Waals surface area (Å²) < 4.78 is 87.0. The molecule has 0 saturated heterocycles. The average Bonchev–Trinajstić information content (AvgIpc) is 2.89. The number of para-hydroxylation sites is 1. The molecule has 0 aromatic heterocycles. The van der Waals surface area contributed by atoms with Gasteiger partial charge in [0.1, 0.15) is 11.5 Å². The Balaban J connectivity index is 0.000000425. The molecule has 1 unspecified atom stereocenters. The van der Waals surface area contributed by atoms with E-state index < -0.39 is 42.8 Å². The maximum Gasteiger partial charge on any atom is 0.396 e. The van der Waals surface area contributed by atoms with Crippen LogP contribution in [0.15, 0.2) is 78.9 Å². The smallest absolute Gasteiger partial charge is 0.396 e. The van der Waals surface area contributed by atoms with Gasteiger partial charge in [-0.05, 0) is 43.2 Å². The van der Waals surface area contributed by atoms with E-state index in [4.69, 9.17) is 15.2 Å². The third kappa shape index (κ3) is 12.2. The molecule has 216 valence electrons. The van der Waals surface area contributed by atoms with Crippen molar-refractivity contribution in [2.45, 2.75) is 44.5 Å². The number of carbonyl (C=O) groups is 2. The van der Waals surface area contributed by atoms with Crippen LogP contribution in [0, 0.1) is 6.92 Å². The summed E-state index contributed by atoms with van der Waals surface area (Å²) in [7, 11) is 0. The van der Waals surface area contributed by atoms with Crippen LogP contribution in [0.5, 0.6) is 11.5 Å². The largest absolute Gasteiger partial charge is 0.494 e. The topological polar surface area (TPSA) is 78.6 Å². The van der Waals surface area contributed by atoms with E-state index in [1.807, 2.05) is 18.2 Å². The van der Waals surface area contributed by atoms with Crippen molar-refractivity contribution in [3.63, 3.8) is 0 Å². The molecule has 3 rings (SSSR count). The Morgan fingerprint density at radius 2 is 1.38 bits per heavy atom. The van der Waals surface area contributed by atoms with Gasteiger partial charge in [0.25, 0.3) is 5.91 Å². The van der Waals surface area contributed by atoms with Crippen LogP contribution in [0.1, 0.15) is 46.7 Å². The lowest BCUT2D eigenvalue weighted by molar-refractivity contribution is -0.149. The molecule has 0 bridgehead atoms. The molecule has 0 aliphatic heterocycles. The van der Waals surface area contributed by atoms with Crippen LogP contribution < -0.4 is 15.2 Å². The molecule has 40 heavy (non-hydrogen) atoms. The van der Waals surface area contributed by atoms with Gasteiger partial charge in [0, 0.05) is 18.4 Å². The fourth-order valence-electron chi connectivity index (χ4n) is 3.40. The van der Waals surface area contributed by atoms with E-state index in [0.717, 1.165) is 5.56 Å². The van der Waals surface area contributed by atoms with Crippen molar-refractivity contribution in [2.24, 2.45) is 5.73 Å². The molecule has 3 aromatic carbocycles. The van der Waals surface area contributed by atoms with E-state index in [1.54, 1.807) is 31.2 Å². The molecule has 1 atom stereocenters. The number of benzene rings is 3. The van der Waals surface area contributed by atoms with Crippen LogP contribution >= 0.6 is 0 Å². The van der Waals surface area contributed by atoms with Crippen molar-refractivity contribution in [3.8, 4) is 11.5 Å². The number of halogens is 6. The van der Waals surface area contributed by atoms with Crippen molar-refractivity contribution >= 4 is 11.7 Å². The zero-order chi connectivity index (χ0) is 29.8. The third-order valence-electron chi connectivity index (χ3n) is 5.44. The predicted molar refractivity (Wildman–Crippen MR) is 137 cm³/mol. The number of Topliss-reactive ketones (excluding diaryl/α,β-unsaturated/α-hetero) is 1. The number of carbonyl (C=O) groups excluding carboxylic acids is 2. The first-order chi connectivity index (χ1) is 18.7. The summed E-state index contributed by atoms with van der Waals surface area (Å²) in [5.74, 6) is -2.25. The summed E-state index contributed by atoms with van der Waals surface area (Å²) in [5.41, 5.74) is 5.86. The van der Waals surface area contributed by atoms with Crippen molar-refractivity contribution in [3.05, 3.63) is 95.6 Å². The molecule has 2 N–H and O–H groups in total. The number of ketones is 1. The fourth-order valence-corrected chi connectivity index (χ4v) is 3.40. The summed E-state index contributed by atoms with van der Waals surface area (Å²) in [6, 6.07) is 20.2. The number of aryl methyl sites for hydroxylation is 1. The Labute approximate surface area is 227 Å². The number of primary amides is 1. The number of alkyl halides is 6. The number of nitrogens with two attached hydrogens (primary N) is 1. The van der Waals surface area contributed by atoms with E-state index in [-0.39, 0.29) is 36.5 Å². The van der Waals surface area contributed by atoms with E-state index in [0.29, 0.717) is 5.75 Å². The number of hydrogen-bond acceptors (Lipinski definition) is 4. The molecule has 0 radical (unpaired) electrons. The molecule has 0 spiro atoms. The number of ether oxygens (including phenoxy) is 2. The predicted octanol–water partition coefficient (Wildman–Crippen LogP) is 7.19. The molecule has 1 amide bonds. The Morgan fingerprint density at radius 3 is 1.90 bits per heavy atom. The fraction of sp³-hybridized carbons (Fsp3) is 0.310. The van der Waals surface area contributed by atoms with Crippen LogP contribution in [-0.2, 0) is 4.79 Å². The summed E-state index contributed by atoms with van der Waals surface area (Å²) >= 11 is 0. The summed E-state index contributed by atoms with van der Waals surface area (Å²) in [5, 5.41) is 0. The number of rotatable bonds is 11. The Bertz CT molecular complexity index is 1190. The molecule has 3 aromatic rings. The molecule has 11 heteroatoms. The Morgan fingerprint density at radius 1 is 0.800 bits per heavy atom. The van der Waals surface area contributed by atoms with Crippen LogP contribution in [0.25, 0.3) is 0 Å². The number of amides is 1. The molecule has 0 fully saturated rings. The maximum atomic E-state index is 13.5. The normalized spacial score (nSPS) is 12.1. The van der Waals surface area contributed by atoms with E-state index >= 15 is 0 Å². The summed E-state index contributed by atoms with van der Waals surface area (Å²) in [6.07, 6.45) is -10.9. The monoisotopic (exact) mass is 569 g/mol. The highest BCUT2D eigenvalue weighted by Gasteiger charge is 2.42. The first kappa shape index (κ1) is 32.2. The van der Waals surface area contributed by atoms with Gasteiger partial charge in [-0.15, -0.1) is 0 Å². The first-order valence-corrected chi connectivity index (χ1v) is 12.2. The zero-order valence-corrected chi connectivity index (χ0v) is 21.6. The third-order valence-corrected chi connectivity index (χ3v) is 5.44. The van der Waals surface area contributed by atoms with Crippen LogP contribution in [0.3, 0.4) is 0 Å². The second kappa shape index (κ2) is 14.9. The minimum atomic E-state index is -4.63. The molecule has 0 aliphatic rings. The van der Waals surface area contributed by atoms with Gasteiger partial charge in [-0.1, -0.05) is 60.2 Å². The minimum Gasteiger partial charge on any atom is -0.494 e. The molecule has 5 nitrogen and oxygen atoms in total. The van der Waals surface area contributed by atoms with Gasteiger partial charge < -0.3 is 15.2 Å². The van der Waals surface area contributed by atoms with E-state index in [2.05, 4.69) is 0 Å². The van der Waals surface area contributed by atoms with Crippen molar-refractivity contribution in [1.29, 1.82) is 0 Å². The van der Waals surface area contributed by atoms with E-state index in [1.165, 1.54) is 36.4 Å². The second-order valence-corrected chi connectivity index (χ2v) is 8.79. The molecule has 0 aliphatic carbocycles. The van der Waals surface area contributed by atoms with Crippen molar-refractivity contribution < 1.29 is 45.4 Å². The van der Waals surface area contributed by atoms with Crippen LogP contribution in [-0.4, -0.2) is 37.3 Å². The van der Waals surface area contributed by atoms with Gasteiger partial charge in [-0.2, -0.15) is 26.3 Å². The van der Waals surface area contributed by atoms with Gasteiger partial charge in [0.2, 0.25) is 0 Å². The lowest BCUT2D eigenvalue weighted by atomic mass is 9.91. The summed E-state index contributed by atoms with van der Waals surface area (Å²) in [4.78, 5) is 22.6. The molecular weight excluding hydrogens is 540 g/mol. The highest BCUT2D eigenvalue weighted by molar-refractivity contribution is 5.96. The average molecular weight is 570 g/mol. The van der Waals surface area contributed by atoms with Crippen molar-refractivity contribution in [1.82, 2.24) is 0 Å². The lowest BCUT2D eigenvalue weighted by Gasteiger charge is -2.20. The highest BCUT2D eigenvalue weighted by atomic mass is 19.4. The van der Waals surface area contributed by atoms with Gasteiger partial charge >= 0.3 is 12.4 Å². The lowest BCUT2D eigenvalue weighted by Crippen LogP contribution is -2.23. The van der Waals surface area contributed by atoms with Crippen LogP contribution in [0.4, 0.5) is 26.3 Å². The second-order valence-electron chi connectivity index (χ2n) is 8.79. The van der Waals surface area contributed by atoms with Gasteiger partial charge in [-0.25, -0.2) is 0 Å². The quantitative estimate of drug-likeness (QED) is 0.151. The Kier molecular flexibility index (Phi) is 12.0. The standard InChI is InChI=1S/C21H20F6O2.C8H9NO2/c1-14-3-5-16(6-4-14)19(28)13-18(21(25,26)27)15-7-9-17(10-8-15)29-12-2-11-20(22,23)24;9-8(10)6-11-7-4-2-1-3-5-7/h3-10,18H,2,11-13H2,1H3;1-5H,6H2,(H2,9,10). The maximum absolute atomic E-state index is 13.5. The summed E-state index contributed by atoms with van der Waals surface area (Å²) in [6.45, 7) is 1.54. The van der Waals surface area contributed by atoms with Crippen LogP contribution in [0.2, 0.25) is 0 Å². The number of hydrogen-bond donors (Lipinski definition) is 1. The molecule has 0 heterocycles. The van der Waals surface area contributed by atoms with Crippen molar-refractivity contribution in [2.75, 3.05) is 13.2 Å². The molecular formula is C29H29F6NO4. The Hall–Kier alpha value is -4.02. The zero-order valence-electron chi connectivity index (χ0n) is 21.6. The minimum absolute atomic E-state index is 0.0655. The van der Waals surface area contributed by atoms with E-state index in [9.17, 15) is 35.9 Å².